The Kier molecular flexibility index (Phi) is 8.46. The molecule has 0 spiro atoms. The lowest BCUT2D eigenvalue weighted by Crippen LogP contribution is -2.15. The van der Waals surface area contributed by atoms with Crippen molar-refractivity contribution in [1.82, 2.24) is 19.7 Å². The molecule has 0 aliphatic rings. The molecule has 2 heterocycles. The fraction of sp³-hybridized carbons (Fsp3) is 0.167. The Morgan fingerprint density at radius 3 is 2.74 bits per heavy atom. The van der Waals surface area contributed by atoms with Crippen LogP contribution < -0.4 is 10.1 Å². The number of amides is 1. The third kappa shape index (κ3) is 6.43. The summed E-state index contributed by atoms with van der Waals surface area (Å²) in [5.41, 5.74) is 1.70. The molecule has 0 saturated heterocycles. The van der Waals surface area contributed by atoms with Crippen LogP contribution in [0.4, 0.5) is 5.13 Å². The highest BCUT2D eigenvalue weighted by Gasteiger charge is 2.20. The molecule has 1 amide bonds. The number of benzene rings is 2. The number of ether oxygens (including phenoxy) is 1. The molecule has 7 nitrogen and oxygen atoms in total. The van der Waals surface area contributed by atoms with E-state index < -0.39 is 6.10 Å². The van der Waals surface area contributed by atoms with Gasteiger partial charge in [-0.2, -0.15) is 0 Å². The molecule has 0 aliphatic carbocycles. The summed E-state index contributed by atoms with van der Waals surface area (Å²) in [4.78, 5) is 17.1. The number of aromatic nitrogens is 4. The van der Waals surface area contributed by atoms with Gasteiger partial charge in [-0.15, -0.1) is 28.1 Å². The highest BCUT2D eigenvalue weighted by Crippen LogP contribution is 2.30. The number of halogens is 2. The molecule has 2 aromatic carbocycles. The lowest BCUT2D eigenvalue weighted by Gasteiger charge is -2.16. The van der Waals surface area contributed by atoms with E-state index in [2.05, 4.69) is 27.1 Å². The molecular formula is C24H21Cl2N5O2S2. The molecule has 0 bridgehead atoms. The summed E-state index contributed by atoms with van der Waals surface area (Å²) in [7, 11) is 0. The maximum Gasteiger partial charge on any atom is 0.236 e. The highest BCUT2D eigenvalue weighted by atomic mass is 35.5. The van der Waals surface area contributed by atoms with Gasteiger partial charge in [-0.05, 0) is 31.2 Å². The first kappa shape index (κ1) is 25.2. The van der Waals surface area contributed by atoms with E-state index in [0.717, 1.165) is 11.3 Å². The summed E-state index contributed by atoms with van der Waals surface area (Å²) >= 11 is 14.8. The van der Waals surface area contributed by atoms with Crippen molar-refractivity contribution in [1.29, 1.82) is 0 Å². The summed E-state index contributed by atoms with van der Waals surface area (Å²) < 4.78 is 7.86. The number of hydrogen-bond donors (Lipinski definition) is 1. The Morgan fingerprint density at radius 1 is 1.23 bits per heavy atom. The van der Waals surface area contributed by atoms with Crippen molar-refractivity contribution < 1.29 is 9.53 Å². The van der Waals surface area contributed by atoms with E-state index in [-0.39, 0.29) is 11.7 Å². The van der Waals surface area contributed by atoms with E-state index in [1.807, 2.05) is 41.1 Å². The SMILES string of the molecule is C=CCn1c(SCC(=O)Nc2nc(-c3ccc(Cl)cc3)cs2)nnc1C(C)Oc1ccccc1Cl. The highest BCUT2D eigenvalue weighted by molar-refractivity contribution is 7.99. The largest absolute Gasteiger partial charge is 0.481 e. The monoisotopic (exact) mass is 545 g/mol. The van der Waals surface area contributed by atoms with Gasteiger partial charge in [0.05, 0.1) is 16.5 Å². The fourth-order valence-corrected chi connectivity index (χ4v) is 4.96. The predicted octanol–water partition coefficient (Wildman–Crippen LogP) is 6.77. The summed E-state index contributed by atoms with van der Waals surface area (Å²) in [5, 5.41) is 15.6. The van der Waals surface area contributed by atoms with E-state index in [1.165, 1.54) is 23.1 Å². The van der Waals surface area contributed by atoms with Crippen molar-refractivity contribution in [2.75, 3.05) is 11.1 Å². The maximum atomic E-state index is 12.6. The van der Waals surface area contributed by atoms with Gasteiger partial charge in [-0.3, -0.25) is 9.36 Å². The molecule has 180 valence electrons. The zero-order valence-corrected chi connectivity index (χ0v) is 21.8. The molecule has 4 rings (SSSR count). The number of nitrogens with zero attached hydrogens (tertiary/aromatic N) is 4. The number of hydrogen-bond acceptors (Lipinski definition) is 7. The van der Waals surface area contributed by atoms with Crippen LogP contribution in [0.1, 0.15) is 18.9 Å². The molecule has 4 aromatic rings. The molecule has 1 N–H and O–H groups in total. The molecule has 1 unspecified atom stereocenters. The van der Waals surface area contributed by atoms with E-state index in [4.69, 9.17) is 27.9 Å². The van der Waals surface area contributed by atoms with Gasteiger partial charge in [-0.1, -0.05) is 65.3 Å². The molecular weight excluding hydrogens is 525 g/mol. The Labute approximate surface area is 221 Å². The molecule has 0 saturated carbocycles. The standard InChI is InChI=1S/C24H21Cl2N5O2S2/c1-3-12-31-22(15(2)33-20-7-5-4-6-18(20)26)29-30-24(31)35-14-21(32)28-23-27-19(13-34-23)16-8-10-17(25)11-9-16/h3-11,13,15H,1,12,14H2,2H3,(H,27,28,32). The van der Waals surface area contributed by atoms with Crippen molar-refractivity contribution in [3.8, 4) is 17.0 Å². The predicted molar refractivity (Wildman–Crippen MR) is 143 cm³/mol. The number of nitrogens with one attached hydrogen (secondary N) is 1. The number of thioether (sulfide) groups is 1. The van der Waals surface area contributed by atoms with Crippen molar-refractivity contribution >= 4 is 57.3 Å². The van der Waals surface area contributed by atoms with Crippen molar-refractivity contribution in [2.45, 2.75) is 24.7 Å². The van der Waals surface area contributed by atoms with Crippen LogP contribution in [0.3, 0.4) is 0 Å². The zero-order valence-electron chi connectivity index (χ0n) is 18.6. The van der Waals surface area contributed by atoms with Crippen LogP contribution in [0.15, 0.2) is 71.7 Å². The van der Waals surface area contributed by atoms with E-state index >= 15 is 0 Å². The van der Waals surface area contributed by atoms with Gasteiger partial charge in [0.1, 0.15) is 5.75 Å². The lowest BCUT2D eigenvalue weighted by atomic mass is 10.2. The van der Waals surface area contributed by atoms with Gasteiger partial charge >= 0.3 is 0 Å². The minimum Gasteiger partial charge on any atom is -0.481 e. The van der Waals surface area contributed by atoms with Crippen LogP contribution in [-0.4, -0.2) is 31.4 Å². The average Bonchev–Trinajstić information content (AvgIpc) is 3.47. The molecule has 0 radical (unpaired) electrons. The number of anilines is 1. The second kappa shape index (κ2) is 11.7. The van der Waals surface area contributed by atoms with Gasteiger partial charge in [0.2, 0.25) is 5.91 Å². The second-order valence-corrected chi connectivity index (χ2v) is 9.96. The first-order valence-corrected chi connectivity index (χ1v) is 13.2. The van der Waals surface area contributed by atoms with Crippen LogP contribution >= 0.6 is 46.3 Å². The molecule has 0 fully saturated rings. The van der Waals surface area contributed by atoms with Crippen LogP contribution in [0, 0.1) is 0 Å². The number of rotatable bonds is 10. The topological polar surface area (TPSA) is 81.9 Å². The Balaban J connectivity index is 1.39. The van der Waals surface area contributed by atoms with Crippen LogP contribution in [0.25, 0.3) is 11.3 Å². The van der Waals surface area contributed by atoms with E-state index in [0.29, 0.717) is 38.5 Å². The fourth-order valence-electron chi connectivity index (χ4n) is 3.16. The molecule has 11 heteroatoms. The van der Waals surface area contributed by atoms with Crippen molar-refractivity contribution in [3.63, 3.8) is 0 Å². The zero-order chi connectivity index (χ0) is 24.8. The summed E-state index contributed by atoms with van der Waals surface area (Å²) in [6.45, 7) is 6.16. The van der Waals surface area contributed by atoms with Gasteiger partial charge in [0.25, 0.3) is 0 Å². The Hall–Kier alpha value is -2.85. The first-order valence-electron chi connectivity index (χ1n) is 10.5. The normalized spacial score (nSPS) is 11.7. The number of carbonyl (C=O) groups is 1. The number of carbonyl (C=O) groups excluding carboxylic acids is 1. The molecule has 1 atom stereocenters. The lowest BCUT2D eigenvalue weighted by molar-refractivity contribution is -0.113. The van der Waals surface area contributed by atoms with Gasteiger partial charge < -0.3 is 10.1 Å². The smallest absolute Gasteiger partial charge is 0.236 e. The van der Waals surface area contributed by atoms with Crippen LogP contribution in [0.5, 0.6) is 5.75 Å². The third-order valence-electron chi connectivity index (χ3n) is 4.78. The Morgan fingerprint density at radius 2 is 2.00 bits per heavy atom. The average molecular weight is 547 g/mol. The second-order valence-electron chi connectivity index (χ2n) is 7.31. The van der Waals surface area contributed by atoms with E-state index in [1.54, 1.807) is 30.3 Å². The first-order chi connectivity index (χ1) is 16.9. The quantitative estimate of drug-likeness (QED) is 0.175. The van der Waals surface area contributed by atoms with Crippen molar-refractivity contribution in [3.05, 3.63) is 82.4 Å². The van der Waals surface area contributed by atoms with Crippen molar-refractivity contribution in [2.24, 2.45) is 0 Å². The minimum atomic E-state index is -0.410. The molecule has 2 aromatic heterocycles. The van der Waals surface area contributed by atoms with Crippen LogP contribution in [-0.2, 0) is 11.3 Å². The Bertz CT molecular complexity index is 1320. The number of para-hydroxylation sites is 1. The summed E-state index contributed by atoms with van der Waals surface area (Å²) in [6, 6.07) is 14.6. The van der Waals surface area contributed by atoms with Gasteiger partial charge in [-0.25, -0.2) is 4.98 Å². The van der Waals surface area contributed by atoms with E-state index in [9.17, 15) is 4.79 Å². The molecule has 0 aliphatic heterocycles. The van der Waals surface area contributed by atoms with Gasteiger partial charge in [0.15, 0.2) is 22.2 Å². The molecule has 35 heavy (non-hydrogen) atoms. The van der Waals surface area contributed by atoms with Gasteiger partial charge in [0, 0.05) is 22.5 Å². The minimum absolute atomic E-state index is 0.144. The summed E-state index contributed by atoms with van der Waals surface area (Å²) in [6.07, 6.45) is 1.33. The third-order valence-corrected chi connectivity index (χ3v) is 7.07. The summed E-state index contributed by atoms with van der Waals surface area (Å²) in [5.74, 6) is 1.12. The maximum absolute atomic E-state index is 12.6. The number of allylic oxidation sites excluding steroid dienone is 1. The van der Waals surface area contributed by atoms with Crippen LogP contribution in [0.2, 0.25) is 10.0 Å². The number of thiazole rings is 1.